The van der Waals surface area contributed by atoms with Crippen LogP contribution in [-0.2, 0) is 33.3 Å². The lowest BCUT2D eigenvalue weighted by molar-refractivity contribution is -0.139. The number of hydrogen-bond donors (Lipinski definition) is 1. The second-order valence-corrected chi connectivity index (χ2v) is 6.16. The fourth-order valence-electron chi connectivity index (χ4n) is 1.38. The SMILES string of the molecule is CNC.COC(=O)/C(C#N)=C(C)/C=C/N(C)C.COC(=O)CC#N.COC(CC(C)=O)OC. The molecule has 0 saturated heterocycles. The molecule has 188 valence electrons. The molecule has 33 heavy (non-hydrogen) atoms. The normalized spacial score (nSPS) is 9.85. The summed E-state index contributed by atoms with van der Waals surface area (Å²) in [5, 5.41) is 19.3. The predicted molar refractivity (Wildman–Crippen MR) is 123 cm³/mol. The van der Waals surface area contributed by atoms with Gasteiger partial charge in [0.05, 0.1) is 26.7 Å². The highest BCUT2D eigenvalue weighted by molar-refractivity contribution is 5.94. The van der Waals surface area contributed by atoms with Crippen LogP contribution in [0.25, 0.3) is 0 Å². The van der Waals surface area contributed by atoms with E-state index < -0.39 is 11.9 Å². The highest BCUT2D eigenvalue weighted by Crippen LogP contribution is 2.06. The molecule has 1 N–H and O–H groups in total. The van der Waals surface area contributed by atoms with Gasteiger partial charge in [-0.25, -0.2) is 4.79 Å². The molecule has 0 bridgehead atoms. The van der Waals surface area contributed by atoms with Crippen molar-refractivity contribution in [1.82, 2.24) is 10.2 Å². The van der Waals surface area contributed by atoms with Crippen LogP contribution < -0.4 is 5.32 Å². The Morgan fingerprint density at radius 3 is 1.70 bits per heavy atom. The maximum Gasteiger partial charge on any atom is 0.348 e. The van der Waals surface area contributed by atoms with Crippen molar-refractivity contribution in [2.24, 2.45) is 0 Å². The van der Waals surface area contributed by atoms with Gasteiger partial charge in [-0.15, -0.1) is 0 Å². The molecule has 0 aliphatic rings. The number of methoxy groups -OCH3 is 4. The first-order chi connectivity index (χ1) is 15.4. The Morgan fingerprint density at radius 2 is 1.48 bits per heavy atom. The third kappa shape index (κ3) is 28.8. The lowest BCUT2D eigenvalue weighted by atomic mass is 10.1. The molecule has 11 nitrogen and oxygen atoms in total. The number of nitriles is 2. The number of rotatable bonds is 8. The molecule has 0 atom stereocenters. The summed E-state index contributed by atoms with van der Waals surface area (Å²) >= 11 is 0. The van der Waals surface area contributed by atoms with Gasteiger partial charge in [0, 0.05) is 28.3 Å². The molecule has 0 aromatic rings. The van der Waals surface area contributed by atoms with Crippen molar-refractivity contribution in [3.8, 4) is 12.1 Å². The first-order valence-corrected chi connectivity index (χ1v) is 9.57. The smallest absolute Gasteiger partial charge is 0.348 e. The minimum atomic E-state index is -0.603. The zero-order valence-corrected chi connectivity index (χ0v) is 21.3. The second-order valence-electron chi connectivity index (χ2n) is 6.16. The Kier molecular flexibility index (Phi) is 30.1. The Hall–Kier alpha value is -3.25. The summed E-state index contributed by atoms with van der Waals surface area (Å²) in [6.45, 7) is 3.19. The highest BCUT2D eigenvalue weighted by Gasteiger charge is 2.10. The Bertz CT molecular complexity index is 686. The van der Waals surface area contributed by atoms with Gasteiger partial charge >= 0.3 is 11.9 Å². The van der Waals surface area contributed by atoms with Gasteiger partial charge in [0.2, 0.25) is 0 Å². The summed E-state index contributed by atoms with van der Waals surface area (Å²) in [7, 11) is 13.0. The summed E-state index contributed by atoms with van der Waals surface area (Å²) in [5.74, 6) is -1.01. The van der Waals surface area contributed by atoms with E-state index in [-0.39, 0.29) is 24.1 Å². The zero-order chi connectivity index (χ0) is 26.8. The van der Waals surface area contributed by atoms with Crippen LogP contribution in [0.3, 0.4) is 0 Å². The number of carbonyl (C=O) groups excluding carboxylic acids is 3. The number of carbonyl (C=O) groups is 3. The summed E-state index contributed by atoms with van der Waals surface area (Å²) in [6.07, 6.45) is 3.25. The third-order valence-electron chi connectivity index (χ3n) is 2.95. The van der Waals surface area contributed by atoms with E-state index in [4.69, 9.17) is 20.0 Å². The van der Waals surface area contributed by atoms with E-state index in [1.54, 1.807) is 25.3 Å². The summed E-state index contributed by atoms with van der Waals surface area (Å²) in [6, 6.07) is 3.46. The van der Waals surface area contributed by atoms with Crippen LogP contribution in [0, 0.1) is 22.7 Å². The lowest BCUT2D eigenvalue weighted by Crippen LogP contribution is -2.16. The predicted octanol–water partition coefficient (Wildman–Crippen LogP) is 1.57. The van der Waals surface area contributed by atoms with Gasteiger partial charge < -0.3 is 29.2 Å². The third-order valence-corrected chi connectivity index (χ3v) is 2.95. The molecule has 0 unspecified atom stereocenters. The average molecular weight is 471 g/mol. The number of nitrogens with zero attached hydrogens (tertiary/aromatic N) is 3. The molecule has 0 radical (unpaired) electrons. The Labute approximate surface area is 197 Å². The van der Waals surface area contributed by atoms with Crippen LogP contribution in [0.4, 0.5) is 0 Å². The molecule has 0 saturated carbocycles. The molecular formula is C22H38N4O7. The molecular weight excluding hydrogens is 432 g/mol. The monoisotopic (exact) mass is 470 g/mol. The van der Waals surface area contributed by atoms with Crippen molar-refractivity contribution in [1.29, 1.82) is 10.5 Å². The van der Waals surface area contributed by atoms with Crippen molar-refractivity contribution < 1.29 is 33.3 Å². The van der Waals surface area contributed by atoms with Crippen LogP contribution in [-0.4, -0.2) is 85.5 Å². The molecule has 0 aromatic heterocycles. The number of nitrogens with one attached hydrogen (secondary N) is 1. The van der Waals surface area contributed by atoms with Gasteiger partial charge in [-0.3, -0.25) is 9.59 Å². The maximum absolute atomic E-state index is 11.1. The Balaban J connectivity index is -0.000000191. The number of ether oxygens (including phenoxy) is 4. The van der Waals surface area contributed by atoms with Crippen LogP contribution >= 0.6 is 0 Å². The standard InChI is InChI=1S/C10H14N2O2.C6H12O3.C4H5NO2.C2H7N/c1-8(5-6-12(2)3)9(7-11)10(13)14-4;1-5(7)4-6(8-2)9-3;1-7-4(6)2-3-5;1-3-2/h5-6H,1-4H3;6H,4H2,1-3H3;2H2,1H3;3H,1-2H3/b6-5+,9-8+;;;. The fraction of sp³-hybridized carbons (Fsp3) is 0.591. The van der Waals surface area contributed by atoms with Crippen LogP contribution in [0.2, 0.25) is 0 Å². The van der Waals surface area contributed by atoms with Crippen LogP contribution in [0.15, 0.2) is 23.4 Å². The van der Waals surface area contributed by atoms with Gasteiger partial charge in [-0.2, -0.15) is 10.5 Å². The van der Waals surface area contributed by atoms with Crippen molar-refractivity contribution in [2.45, 2.75) is 33.0 Å². The number of hydrogen-bond acceptors (Lipinski definition) is 11. The summed E-state index contributed by atoms with van der Waals surface area (Å²) in [4.78, 5) is 33.3. The lowest BCUT2D eigenvalue weighted by Gasteiger charge is -2.09. The number of allylic oxidation sites excluding steroid dienone is 2. The van der Waals surface area contributed by atoms with E-state index in [1.165, 1.54) is 35.4 Å². The number of Topliss-reactive ketones (excluding diaryl/α,β-unsaturated/α-hetero) is 1. The van der Waals surface area contributed by atoms with E-state index in [0.717, 1.165) is 0 Å². The largest absolute Gasteiger partial charge is 0.468 e. The summed E-state index contributed by atoms with van der Waals surface area (Å²) < 4.78 is 18.1. The van der Waals surface area contributed by atoms with E-state index in [1.807, 2.05) is 39.2 Å². The minimum absolute atomic E-state index is 0.0330. The average Bonchev–Trinajstić information content (AvgIpc) is 2.77. The van der Waals surface area contributed by atoms with E-state index in [2.05, 4.69) is 14.8 Å². The van der Waals surface area contributed by atoms with Crippen LogP contribution in [0.1, 0.15) is 26.7 Å². The zero-order valence-electron chi connectivity index (χ0n) is 21.3. The maximum atomic E-state index is 11.1. The molecule has 11 heteroatoms. The first kappa shape index (κ1) is 37.1. The first-order valence-electron chi connectivity index (χ1n) is 9.57. The van der Waals surface area contributed by atoms with Crippen molar-refractivity contribution in [2.75, 3.05) is 56.6 Å². The highest BCUT2D eigenvalue weighted by atomic mass is 16.7. The molecule has 0 heterocycles. The minimum Gasteiger partial charge on any atom is -0.468 e. The molecule has 0 aliphatic heterocycles. The molecule has 0 aromatic carbocycles. The second kappa shape index (κ2) is 26.8. The fourth-order valence-corrected chi connectivity index (χ4v) is 1.38. The molecule has 0 fully saturated rings. The number of esters is 2. The molecule has 0 spiro atoms. The Morgan fingerprint density at radius 1 is 1.00 bits per heavy atom. The number of ketones is 1. The van der Waals surface area contributed by atoms with E-state index >= 15 is 0 Å². The van der Waals surface area contributed by atoms with Crippen molar-refractivity contribution in [3.05, 3.63) is 23.4 Å². The van der Waals surface area contributed by atoms with Gasteiger partial charge in [0.25, 0.3) is 0 Å². The molecule has 0 rings (SSSR count). The van der Waals surface area contributed by atoms with Crippen molar-refractivity contribution >= 4 is 17.7 Å². The molecule has 0 aliphatic carbocycles. The van der Waals surface area contributed by atoms with Gasteiger partial charge in [0.15, 0.2) is 6.29 Å². The molecule has 0 amide bonds. The van der Waals surface area contributed by atoms with Gasteiger partial charge in [-0.05, 0) is 45.8 Å². The summed E-state index contributed by atoms with van der Waals surface area (Å²) in [5.41, 5.74) is 0.624. The topological polar surface area (TPSA) is 151 Å². The van der Waals surface area contributed by atoms with E-state index in [0.29, 0.717) is 12.0 Å². The van der Waals surface area contributed by atoms with Gasteiger partial charge in [0.1, 0.15) is 23.8 Å². The van der Waals surface area contributed by atoms with E-state index in [9.17, 15) is 14.4 Å². The van der Waals surface area contributed by atoms with Gasteiger partial charge in [-0.1, -0.05) is 0 Å². The van der Waals surface area contributed by atoms with Crippen molar-refractivity contribution in [3.63, 3.8) is 0 Å². The quantitative estimate of drug-likeness (QED) is 0.181. The van der Waals surface area contributed by atoms with Crippen LogP contribution in [0.5, 0.6) is 0 Å².